The average molecular weight is 1500 g/mol. The molecule has 38 nitrogen and oxygen atoms in total. The Balaban J connectivity index is -0.000000102. The molecule has 0 aromatic carbocycles. The molecule has 0 radical (unpaired) electrons. The molecule has 0 spiro atoms. The molecule has 0 aromatic rings. The third kappa shape index (κ3) is 106. The monoisotopic (exact) mass is 1500 g/mol. The summed E-state index contributed by atoms with van der Waals surface area (Å²) in [5.74, 6) is -16.7. The highest BCUT2D eigenvalue weighted by atomic mass is 16.5. The van der Waals surface area contributed by atoms with E-state index in [1.807, 2.05) is 0 Å². The second kappa shape index (κ2) is 72.0. The topological polar surface area (TPSA) is 655 Å². The predicted octanol–water partition coefficient (Wildman–Crippen LogP) is 5.50. The highest BCUT2D eigenvalue weighted by Gasteiger charge is 2.16. The molecule has 0 saturated heterocycles. The molecule has 0 bridgehead atoms. The van der Waals surface area contributed by atoms with Gasteiger partial charge in [-0.15, -0.1) is 0 Å². The summed E-state index contributed by atoms with van der Waals surface area (Å²) in [6.45, 7) is 37.7. The van der Waals surface area contributed by atoms with E-state index in [2.05, 4.69) is 65.0 Å². The molecule has 0 aliphatic heterocycles. The van der Waals surface area contributed by atoms with Crippen LogP contribution in [0.15, 0.2) is 85.1 Å². The Hall–Kier alpha value is -12.3. The molecule has 0 aromatic heterocycles. The lowest BCUT2D eigenvalue weighted by Gasteiger charge is -2.00. The van der Waals surface area contributed by atoms with Crippen molar-refractivity contribution >= 4 is 130 Å². The summed E-state index contributed by atoms with van der Waals surface area (Å²) >= 11 is 0. The largest absolute Gasteiger partial charge is 0.481 e. The van der Waals surface area contributed by atoms with Crippen molar-refractivity contribution in [1.82, 2.24) is 0 Å². The number of ether oxygens (including phenoxy) is 4. The van der Waals surface area contributed by atoms with Gasteiger partial charge in [0.1, 0.15) is 28.9 Å². The minimum absolute atomic E-state index is 0.0115. The quantitative estimate of drug-likeness (QED) is 0.0209. The van der Waals surface area contributed by atoms with Crippen molar-refractivity contribution in [1.29, 1.82) is 0 Å². The number of hydrogen-bond donors (Lipinski definition) is 12. The van der Waals surface area contributed by atoms with Gasteiger partial charge in [0, 0.05) is 71.5 Å². The molecule has 0 aliphatic carbocycles. The standard InChI is InChI=1S/2C7H10O4.2C6H8O4.C6H10O3.C6H8O3.C6H10O3.C6H8O3.C6H10O3.C5H6O4.C5H8O3/c1-3-11-6(8)4-5(2)7(9)10;1-3-11-7(10)5(2)4-6(8)9;1-4(6(8)9)3-5(7)10-2;1-4(3-5(7)8)6(9)10-2;2*1-4(5(2)7)3-6(8)9;2*1-4(6(8)9)3-5(2)7;1-2-5(7)3-4-6(8)9;1-3(5(8)9)2-4(6)7;1-4(6)2-3-5(7)8/h2-4H2,1H3,(H,9,10);2-4H2,1H3,(H,8,9);1,3H2,2H3,(H,8,9);1,3H2,2H3,(H,7,8);4H,3H2,1-2H3,(H,8,9);1,3H2,2H3,(H,8,9);4H,3H2,1-2H3,(H,8,9);1,3H2,2H3,(H,8,9);2-4H2,1H3,(H,8,9);1-2H2,(H,6,7)(H,8,9);2-3H2,1H3,(H,7,8). The van der Waals surface area contributed by atoms with Gasteiger partial charge < -0.3 is 89.8 Å². The highest BCUT2D eigenvalue weighted by molar-refractivity contribution is 5.97. The molecule has 2 atom stereocenters. The molecule has 38 heteroatoms. The predicted molar refractivity (Wildman–Crippen MR) is 360 cm³/mol. The fourth-order valence-corrected chi connectivity index (χ4v) is 4.24. The summed E-state index contributed by atoms with van der Waals surface area (Å²) < 4.78 is 17.4. The Bertz CT molecular complexity index is 2900. The van der Waals surface area contributed by atoms with E-state index in [1.54, 1.807) is 27.7 Å². The molecular weight excluding hydrogens is 1400 g/mol. The van der Waals surface area contributed by atoms with Gasteiger partial charge in [0.05, 0.1) is 91.1 Å². The van der Waals surface area contributed by atoms with Crippen LogP contribution in [0, 0.1) is 11.8 Å². The zero-order valence-electron chi connectivity index (χ0n) is 59.9. The fourth-order valence-electron chi connectivity index (χ4n) is 4.24. The third-order valence-electron chi connectivity index (χ3n) is 9.81. The van der Waals surface area contributed by atoms with Crippen molar-refractivity contribution < 1.29 is 186 Å². The number of esters is 4. The van der Waals surface area contributed by atoms with Crippen LogP contribution >= 0.6 is 0 Å². The van der Waals surface area contributed by atoms with Gasteiger partial charge in [0.25, 0.3) is 0 Å². The molecule has 0 saturated carbocycles. The summed E-state index contributed by atoms with van der Waals surface area (Å²) in [7, 11) is 2.37. The van der Waals surface area contributed by atoms with Crippen LogP contribution in [-0.4, -0.2) is 219 Å². The van der Waals surface area contributed by atoms with E-state index >= 15 is 0 Å². The van der Waals surface area contributed by atoms with Crippen molar-refractivity contribution in [3.05, 3.63) is 85.1 Å². The molecular formula is C66H96O38. The van der Waals surface area contributed by atoms with E-state index < -0.39 is 108 Å². The SMILES string of the molecule is C=C(CC(=O)O)C(=O)O.C=C(CC(=O)O)C(=O)OC.C=C(CC(=O)O)C(=O)OCC.C=C(CC(=O)O)C(C)=O.C=C(CC(=O)OC)C(=O)O.C=C(CC(=O)OCC)C(=O)O.C=C(CC(C)=O)C(=O)O.CC(=O)C(C)CC(=O)O.CC(=O)CC(C)C(=O)O.CC(=O)CCC(=O)O.CCC(=O)CCC(=O)O. The first-order chi connectivity index (χ1) is 47.3. The lowest BCUT2D eigenvalue weighted by molar-refractivity contribution is -0.144. The van der Waals surface area contributed by atoms with Crippen LogP contribution in [0.2, 0.25) is 0 Å². The second-order valence-electron chi connectivity index (χ2n) is 19.7. The third-order valence-corrected chi connectivity index (χ3v) is 9.81. The van der Waals surface area contributed by atoms with Gasteiger partial charge in [-0.25, -0.2) is 28.8 Å². The van der Waals surface area contributed by atoms with Gasteiger partial charge in [-0.1, -0.05) is 66.8 Å². The Morgan fingerprint density at radius 2 is 0.644 bits per heavy atom. The van der Waals surface area contributed by atoms with Crippen molar-refractivity contribution in [3.63, 3.8) is 0 Å². The van der Waals surface area contributed by atoms with E-state index in [1.165, 1.54) is 55.8 Å². The normalized spacial score (nSPS) is 9.35. The van der Waals surface area contributed by atoms with Gasteiger partial charge >= 0.3 is 95.5 Å². The summed E-state index contributed by atoms with van der Waals surface area (Å²) in [6.07, 6.45) is -1.30. The van der Waals surface area contributed by atoms with E-state index in [9.17, 15) is 105 Å². The molecule has 0 aliphatic rings. The van der Waals surface area contributed by atoms with Crippen molar-refractivity contribution in [3.8, 4) is 0 Å². The Morgan fingerprint density at radius 3 is 0.846 bits per heavy atom. The summed E-state index contributed by atoms with van der Waals surface area (Å²) in [5.41, 5.74) is -0.600. The van der Waals surface area contributed by atoms with Crippen LogP contribution < -0.4 is 0 Å². The van der Waals surface area contributed by atoms with Crippen LogP contribution in [0.1, 0.15) is 159 Å². The van der Waals surface area contributed by atoms with Crippen LogP contribution in [0.5, 0.6) is 0 Å². The lowest BCUT2D eigenvalue weighted by Crippen LogP contribution is -2.12. The van der Waals surface area contributed by atoms with Crippen molar-refractivity contribution in [2.75, 3.05) is 27.4 Å². The van der Waals surface area contributed by atoms with E-state index in [0.717, 1.165) is 0 Å². The number of Topliss-reactive ketones (excluding diaryl/α,β-unsaturated/α-hetero) is 6. The molecule has 0 fully saturated rings. The number of carbonyl (C=O) groups is 22. The highest BCUT2D eigenvalue weighted by Crippen LogP contribution is 2.05. The molecule has 0 rings (SSSR count). The zero-order valence-corrected chi connectivity index (χ0v) is 59.9. The first-order valence-corrected chi connectivity index (χ1v) is 29.2. The number of hydrogen-bond acceptors (Lipinski definition) is 26. The van der Waals surface area contributed by atoms with Crippen molar-refractivity contribution in [2.45, 2.75) is 159 Å². The number of rotatable bonds is 36. The van der Waals surface area contributed by atoms with E-state index in [-0.39, 0.29) is 170 Å². The van der Waals surface area contributed by atoms with Crippen LogP contribution in [-0.2, 0) is 124 Å². The first-order valence-electron chi connectivity index (χ1n) is 29.2. The van der Waals surface area contributed by atoms with Gasteiger partial charge in [0.15, 0.2) is 5.78 Å². The maximum Gasteiger partial charge on any atom is 0.333 e. The minimum atomic E-state index is -1.27. The number of methoxy groups -OCH3 is 2. The zero-order chi connectivity index (χ0) is 85.0. The molecule has 0 heterocycles. The number of carbonyl (C=O) groups excluding carboxylic acids is 10. The number of ketones is 6. The average Bonchev–Trinajstić information content (AvgIpc) is 1.03. The second-order valence-corrected chi connectivity index (χ2v) is 19.7. The van der Waals surface area contributed by atoms with Gasteiger partial charge in [0.2, 0.25) is 0 Å². The van der Waals surface area contributed by atoms with E-state index in [4.69, 9.17) is 61.3 Å². The Morgan fingerprint density at radius 1 is 0.317 bits per heavy atom. The van der Waals surface area contributed by atoms with E-state index in [0.29, 0.717) is 6.42 Å². The number of carboxylic acid groups (broad SMARTS) is 12. The lowest BCUT2D eigenvalue weighted by atomic mass is 10.0. The maximum absolute atomic E-state index is 10.7. The molecule has 0 amide bonds. The summed E-state index contributed by atoms with van der Waals surface area (Å²) in [6, 6.07) is 0. The molecule has 2 unspecified atom stereocenters. The van der Waals surface area contributed by atoms with Crippen LogP contribution in [0.3, 0.4) is 0 Å². The Labute approximate surface area is 597 Å². The first kappa shape index (κ1) is 116. The number of carboxylic acids is 12. The molecule has 12 N–H and O–H groups in total. The van der Waals surface area contributed by atoms with Gasteiger partial charge in [-0.05, 0) is 54.0 Å². The number of aliphatic carboxylic acids is 12. The summed E-state index contributed by atoms with van der Waals surface area (Å²) in [5, 5.41) is 97.9. The molecule has 104 heavy (non-hydrogen) atoms. The Kier molecular flexibility index (Phi) is 80.2. The van der Waals surface area contributed by atoms with Gasteiger partial charge in [-0.3, -0.25) is 67.1 Å². The van der Waals surface area contributed by atoms with Crippen LogP contribution in [0.4, 0.5) is 0 Å². The maximum atomic E-state index is 10.7. The van der Waals surface area contributed by atoms with Gasteiger partial charge in [-0.2, -0.15) is 0 Å². The molecule has 588 valence electrons. The van der Waals surface area contributed by atoms with Crippen LogP contribution in [0.25, 0.3) is 0 Å². The summed E-state index contributed by atoms with van der Waals surface area (Å²) in [4.78, 5) is 223. The smallest absolute Gasteiger partial charge is 0.333 e. The fraction of sp³-hybridized carbons (Fsp3) is 0.455. The van der Waals surface area contributed by atoms with Crippen molar-refractivity contribution in [2.24, 2.45) is 11.8 Å². The minimum Gasteiger partial charge on any atom is -0.481 e.